The van der Waals surface area contributed by atoms with Gasteiger partial charge in [-0.3, -0.25) is 0 Å². The predicted octanol–water partition coefficient (Wildman–Crippen LogP) is 4.08. The summed E-state index contributed by atoms with van der Waals surface area (Å²) in [4.78, 5) is 6.66. The maximum Gasteiger partial charge on any atom is 0.161 e. The number of nitrogens with two attached hydrogens (primary N) is 1. The van der Waals surface area contributed by atoms with E-state index in [9.17, 15) is 0 Å². The Kier molecular flexibility index (Phi) is 4.99. The summed E-state index contributed by atoms with van der Waals surface area (Å²) >= 11 is 12.3. The summed E-state index contributed by atoms with van der Waals surface area (Å²) < 4.78 is 0. The molecule has 3 N–H and O–H groups in total. The molecule has 1 aliphatic rings. The van der Waals surface area contributed by atoms with Crippen LogP contribution in [0, 0.1) is 5.41 Å². The molecule has 0 saturated carbocycles. The van der Waals surface area contributed by atoms with E-state index in [0.717, 1.165) is 18.9 Å². The minimum absolute atomic E-state index is 0.440. The monoisotopic (exact) mass is 316 g/mol. The van der Waals surface area contributed by atoms with Crippen molar-refractivity contribution in [3.8, 4) is 0 Å². The minimum atomic E-state index is 0.440. The molecule has 0 amide bonds. The summed E-state index contributed by atoms with van der Waals surface area (Å²) in [6.45, 7) is 6.51. The highest BCUT2D eigenvalue weighted by Crippen LogP contribution is 2.40. The number of nitrogens with zero attached hydrogens (tertiary/aromatic N) is 2. The molecule has 0 aliphatic carbocycles. The van der Waals surface area contributed by atoms with Crippen LogP contribution in [0.25, 0.3) is 0 Å². The zero-order valence-electron chi connectivity index (χ0n) is 12.0. The van der Waals surface area contributed by atoms with Crippen molar-refractivity contribution in [3.63, 3.8) is 0 Å². The largest absolute Gasteiger partial charge is 0.355 e. The molecule has 2 rings (SSSR count). The van der Waals surface area contributed by atoms with Crippen molar-refractivity contribution in [2.24, 2.45) is 11.3 Å². The SMILES string of the molecule is CCC1(CC)CCN(c2nc(NN)c(Cl)cc2Cl)CC1. The highest BCUT2D eigenvalue weighted by molar-refractivity contribution is 6.37. The number of piperidine rings is 1. The van der Waals surface area contributed by atoms with Crippen molar-refractivity contribution >= 4 is 34.8 Å². The van der Waals surface area contributed by atoms with Crippen LogP contribution < -0.4 is 16.2 Å². The van der Waals surface area contributed by atoms with Gasteiger partial charge in [0.15, 0.2) is 5.82 Å². The summed E-state index contributed by atoms with van der Waals surface area (Å²) in [5.74, 6) is 6.66. The van der Waals surface area contributed by atoms with Gasteiger partial charge in [-0.05, 0) is 24.3 Å². The van der Waals surface area contributed by atoms with E-state index in [1.165, 1.54) is 25.7 Å². The number of pyridine rings is 1. The molecule has 0 unspecified atom stereocenters. The van der Waals surface area contributed by atoms with Crippen LogP contribution in [0.5, 0.6) is 0 Å². The van der Waals surface area contributed by atoms with Crippen LogP contribution in [-0.2, 0) is 0 Å². The Morgan fingerprint density at radius 3 is 2.35 bits per heavy atom. The van der Waals surface area contributed by atoms with E-state index in [1.807, 2.05) is 0 Å². The molecular formula is C14H22Cl2N4. The fourth-order valence-electron chi connectivity index (χ4n) is 2.93. The molecule has 112 valence electrons. The number of rotatable bonds is 4. The summed E-state index contributed by atoms with van der Waals surface area (Å²) in [6, 6.07) is 1.70. The van der Waals surface area contributed by atoms with Gasteiger partial charge in [-0.25, -0.2) is 10.8 Å². The van der Waals surface area contributed by atoms with E-state index in [4.69, 9.17) is 29.0 Å². The minimum Gasteiger partial charge on any atom is -0.355 e. The van der Waals surface area contributed by atoms with E-state index in [1.54, 1.807) is 6.07 Å². The molecule has 20 heavy (non-hydrogen) atoms. The fourth-order valence-corrected chi connectivity index (χ4v) is 3.46. The molecule has 0 spiro atoms. The summed E-state index contributed by atoms with van der Waals surface area (Å²) in [6.07, 6.45) is 4.81. The van der Waals surface area contributed by atoms with Crippen LogP contribution in [0.3, 0.4) is 0 Å². The van der Waals surface area contributed by atoms with Crippen LogP contribution in [0.4, 0.5) is 11.6 Å². The smallest absolute Gasteiger partial charge is 0.161 e. The summed E-state index contributed by atoms with van der Waals surface area (Å²) in [5.41, 5.74) is 2.99. The van der Waals surface area contributed by atoms with Gasteiger partial charge in [0.1, 0.15) is 5.82 Å². The maximum absolute atomic E-state index is 6.27. The maximum atomic E-state index is 6.27. The second-order valence-electron chi connectivity index (χ2n) is 5.46. The van der Waals surface area contributed by atoms with Crippen LogP contribution in [0.15, 0.2) is 6.07 Å². The number of hydrazine groups is 1. The average molecular weight is 317 g/mol. The lowest BCUT2D eigenvalue weighted by atomic mass is 9.74. The summed E-state index contributed by atoms with van der Waals surface area (Å²) in [7, 11) is 0. The molecule has 1 aliphatic heterocycles. The van der Waals surface area contributed by atoms with E-state index in [2.05, 4.69) is 29.2 Å². The van der Waals surface area contributed by atoms with Gasteiger partial charge < -0.3 is 10.3 Å². The van der Waals surface area contributed by atoms with Crippen LogP contribution >= 0.6 is 23.2 Å². The van der Waals surface area contributed by atoms with Crippen molar-refractivity contribution in [1.29, 1.82) is 0 Å². The quantitative estimate of drug-likeness (QED) is 0.649. The normalized spacial score (nSPS) is 18.1. The molecule has 0 radical (unpaired) electrons. The second kappa shape index (κ2) is 6.37. The second-order valence-corrected chi connectivity index (χ2v) is 6.28. The van der Waals surface area contributed by atoms with Gasteiger partial charge in [0.2, 0.25) is 0 Å². The molecule has 1 saturated heterocycles. The molecule has 0 atom stereocenters. The van der Waals surface area contributed by atoms with Gasteiger partial charge >= 0.3 is 0 Å². The number of anilines is 2. The van der Waals surface area contributed by atoms with Crippen LogP contribution in [0.2, 0.25) is 10.0 Å². The highest BCUT2D eigenvalue weighted by atomic mass is 35.5. The number of hydrogen-bond acceptors (Lipinski definition) is 4. The number of aromatic nitrogens is 1. The van der Waals surface area contributed by atoms with E-state index < -0.39 is 0 Å². The zero-order valence-corrected chi connectivity index (χ0v) is 13.6. The number of hydrogen-bond donors (Lipinski definition) is 2. The third-order valence-corrected chi connectivity index (χ3v) is 5.24. The molecule has 1 aromatic rings. The molecule has 1 aromatic heterocycles. The van der Waals surface area contributed by atoms with Gasteiger partial charge in [-0.15, -0.1) is 0 Å². The lowest BCUT2D eigenvalue weighted by Crippen LogP contribution is -2.40. The molecule has 2 heterocycles. The topological polar surface area (TPSA) is 54.2 Å². The van der Waals surface area contributed by atoms with Crippen LogP contribution in [-0.4, -0.2) is 18.1 Å². The number of halogens is 2. The Balaban J connectivity index is 2.18. The van der Waals surface area contributed by atoms with Crippen LogP contribution in [0.1, 0.15) is 39.5 Å². The lowest BCUT2D eigenvalue weighted by Gasteiger charge is -2.41. The highest BCUT2D eigenvalue weighted by Gasteiger charge is 2.32. The Morgan fingerprint density at radius 1 is 1.25 bits per heavy atom. The van der Waals surface area contributed by atoms with E-state index >= 15 is 0 Å². The third-order valence-electron chi connectivity index (χ3n) is 4.67. The van der Waals surface area contributed by atoms with Crippen molar-refractivity contribution in [3.05, 3.63) is 16.1 Å². The standard InChI is InChI=1S/C14H22Cl2N4/c1-3-14(4-2)5-7-20(8-6-14)13-11(16)9-10(15)12(18-13)19-17/h9H,3-8,17H2,1-2H3,(H,18,19). The first-order valence-corrected chi connectivity index (χ1v) is 7.88. The first-order valence-electron chi connectivity index (χ1n) is 7.13. The molecule has 4 nitrogen and oxygen atoms in total. The van der Waals surface area contributed by atoms with E-state index in [-0.39, 0.29) is 0 Å². The zero-order chi connectivity index (χ0) is 14.8. The lowest BCUT2D eigenvalue weighted by molar-refractivity contribution is 0.199. The Labute approximate surface area is 130 Å². The van der Waals surface area contributed by atoms with Gasteiger partial charge in [0.25, 0.3) is 0 Å². The number of nitrogens with one attached hydrogen (secondary N) is 1. The average Bonchev–Trinajstić information content (AvgIpc) is 2.48. The van der Waals surface area contributed by atoms with Gasteiger partial charge in [0.05, 0.1) is 10.0 Å². The Hall–Kier alpha value is -0.710. The first kappa shape index (κ1) is 15.7. The summed E-state index contributed by atoms with van der Waals surface area (Å²) in [5, 5.41) is 1.02. The molecule has 6 heteroatoms. The van der Waals surface area contributed by atoms with Crippen molar-refractivity contribution < 1.29 is 0 Å². The third kappa shape index (κ3) is 2.97. The molecule has 0 bridgehead atoms. The van der Waals surface area contributed by atoms with Gasteiger partial charge in [0, 0.05) is 13.1 Å². The van der Waals surface area contributed by atoms with Crippen molar-refractivity contribution in [1.82, 2.24) is 4.98 Å². The van der Waals surface area contributed by atoms with Gasteiger partial charge in [-0.1, -0.05) is 49.9 Å². The van der Waals surface area contributed by atoms with E-state index in [0.29, 0.717) is 21.3 Å². The molecule has 1 fully saturated rings. The molecular weight excluding hydrogens is 295 g/mol. The Bertz CT molecular complexity index is 464. The fraction of sp³-hybridized carbons (Fsp3) is 0.643. The van der Waals surface area contributed by atoms with Gasteiger partial charge in [-0.2, -0.15) is 0 Å². The van der Waals surface area contributed by atoms with Crippen molar-refractivity contribution in [2.45, 2.75) is 39.5 Å². The first-order chi connectivity index (χ1) is 9.55. The number of nitrogen functional groups attached to an aromatic ring is 1. The predicted molar refractivity (Wildman–Crippen MR) is 86.5 cm³/mol. The van der Waals surface area contributed by atoms with Crippen molar-refractivity contribution in [2.75, 3.05) is 23.4 Å². The molecule has 0 aromatic carbocycles. The Morgan fingerprint density at radius 2 is 1.85 bits per heavy atom.